The zero-order valence-corrected chi connectivity index (χ0v) is 9.57. The van der Waals surface area contributed by atoms with Crippen LogP contribution in [-0.2, 0) is 0 Å². The van der Waals surface area contributed by atoms with Gasteiger partial charge < -0.3 is 4.74 Å². The van der Waals surface area contributed by atoms with E-state index in [1.54, 1.807) is 18.4 Å². The first-order valence-corrected chi connectivity index (χ1v) is 5.82. The molecule has 0 N–H and O–H groups in total. The van der Waals surface area contributed by atoms with Gasteiger partial charge in [0.25, 0.3) is 0 Å². The molecule has 0 fully saturated rings. The quantitative estimate of drug-likeness (QED) is 0.676. The van der Waals surface area contributed by atoms with E-state index in [0.717, 1.165) is 17.0 Å². The number of aromatic nitrogens is 2. The number of rotatable bonds is 2. The highest BCUT2D eigenvalue weighted by Crippen LogP contribution is 2.23. The largest absolute Gasteiger partial charge is 0.497 e. The Balaban J connectivity index is 2.12. The number of hydrogen-bond donors (Lipinski definition) is 0. The van der Waals surface area contributed by atoms with Gasteiger partial charge in [0.05, 0.1) is 29.2 Å². The third-order valence-electron chi connectivity index (χ3n) is 2.51. The average molecular weight is 230 g/mol. The highest BCUT2D eigenvalue weighted by molar-refractivity contribution is 7.17. The van der Waals surface area contributed by atoms with Crippen molar-refractivity contribution < 1.29 is 4.74 Å². The molecule has 0 amide bonds. The molecule has 0 aliphatic carbocycles. The van der Waals surface area contributed by atoms with E-state index >= 15 is 0 Å². The maximum atomic E-state index is 5.13. The molecule has 0 saturated carbocycles. The zero-order valence-electron chi connectivity index (χ0n) is 8.75. The molecule has 0 aliphatic rings. The lowest BCUT2D eigenvalue weighted by Gasteiger charge is -2.03. The Morgan fingerprint density at radius 2 is 2.00 bits per heavy atom. The van der Waals surface area contributed by atoms with Gasteiger partial charge >= 0.3 is 0 Å². The van der Waals surface area contributed by atoms with Crippen LogP contribution in [0, 0.1) is 0 Å². The van der Waals surface area contributed by atoms with Crippen LogP contribution in [0.25, 0.3) is 15.9 Å². The van der Waals surface area contributed by atoms with Gasteiger partial charge in [0.1, 0.15) is 5.75 Å². The number of thiophene rings is 1. The van der Waals surface area contributed by atoms with Crippen molar-refractivity contribution in [2.24, 2.45) is 0 Å². The summed E-state index contributed by atoms with van der Waals surface area (Å²) in [5, 5.41) is 6.44. The molecule has 0 radical (unpaired) electrons. The minimum Gasteiger partial charge on any atom is -0.497 e. The molecule has 80 valence electrons. The summed E-state index contributed by atoms with van der Waals surface area (Å²) in [5.41, 5.74) is 2.20. The van der Waals surface area contributed by atoms with Crippen LogP contribution in [0.5, 0.6) is 5.75 Å². The van der Waals surface area contributed by atoms with Crippen molar-refractivity contribution in [1.29, 1.82) is 0 Å². The maximum absolute atomic E-state index is 5.13. The Labute approximate surface area is 96.9 Å². The smallest absolute Gasteiger partial charge is 0.119 e. The molecule has 4 heteroatoms. The zero-order chi connectivity index (χ0) is 11.0. The Hall–Kier alpha value is -1.81. The normalized spacial score (nSPS) is 10.8. The third kappa shape index (κ3) is 1.39. The summed E-state index contributed by atoms with van der Waals surface area (Å²) in [6, 6.07) is 9.97. The number of hydrogen-bond acceptors (Lipinski definition) is 3. The van der Waals surface area contributed by atoms with E-state index in [-0.39, 0.29) is 0 Å². The highest BCUT2D eigenvalue weighted by Gasteiger charge is 2.05. The standard InChI is InChI=1S/C12H10N2OS/c1-15-10-4-2-9(3-5-10)14-11-6-7-16-12(11)8-13-14/h2-8H,1H3. The average Bonchev–Trinajstić information content (AvgIpc) is 2.91. The van der Waals surface area contributed by atoms with E-state index in [2.05, 4.69) is 16.5 Å². The van der Waals surface area contributed by atoms with E-state index < -0.39 is 0 Å². The predicted octanol–water partition coefficient (Wildman–Crippen LogP) is 3.10. The molecule has 2 heterocycles. The van der Waals surface area contributed by atoms with Crippen LogP contribution in [0.1, 0.15) is 0 Å². The molecule has 0 spiro atoms. The number of methoxy groups -OCH3 is 1. The van der Waals surface area contributed by atoms with E-state index in [4.69, 9.17) is 4.74 Å². The van der Waals surface area contributed by atoms with Crippen molar-refractivity contribution in [2.45, 2.75) is 0 Å². The molecule has 0 saturated heterocycles. The van der Waals surface area contributed by atoms with Crippen molar-refractivity contribution >= 4 is 21.6 Å². The number of nitrogens with zero attached hydrogens (tertiary/aromatic N) is 2. The highest BCUT2D eigenvalue weighted by atomic mass is 32.1. The summed E-state index contributed by atoms with van der Waals surface area (Å²) in [4.78, 5) is 0. The molecule has 3 rings (SSSR count). The van der Waals surface area contributed by atoms with Crippen LogP contribution >= 0.6 is 11.3 Å². The molecule has 2 aromatic heterocycles. The van der Waals surface area contributed by atoms with Gasteiger partial charge in [-0.05, 0) is 35.7 Å². The van der Waals surface area contributed by atoms with Crippen molar-refractivity contribution in [3.63, 3.8) is 0 Å². The summed E-state index contributed by atoms with van der Waals surface area (Å²) in [6.07, 6.45) is 1.89. The van der Waals surface area contributed by atoms with E-state index in [1.165, 1.54) is 4.70 Å². The van der Waals surface area contributed by atoms with Gasteiger partial charge in [0.15, 0.2) is 0 Å². The van der Waals surface area contributed by atoms with Crippen LogP contribution in [0.3, 0.4) is 0 Å². The molecule has 0 atom stereocenters. The van der Waals surface area contributed by atoms with Gasteiger partial charge in [-0.1, -0.05) is 0 Å². The van der Waals surface area contributed by atoms with Gasteiger partial charge in [-0.2, -0.15) is 5.10 Å². The molecular formula is C12H10N2OS. The van der Waals surface area contributed by atoms with Crippen LogP contribution in [0.15, 0.2) is 41.9 Å². The summed E-state index contributed by atoms with van der Waals surface area (Å²) in [7, 11) is 1.67. The lowest BCUT2D eigenvalue weighted by Crippen LogP contribution is -1.95. The minimum atomic E-state index is 0.859. The molecule has 0 unspecified atom stereocenters. The fraction of sp³-hybridized carbons (Fsp3) is 0.0833. The lowest BCUT2D eigenvalue weighted by atomic mass is 10.3. The Bertz CT molecular complexity index is 609. The minimum absolute atomic E-state index is 0.859. The first-order valence-electron chi connectivity index (χ1n) is 4.94. The SMILES string of the molecule is COc1ccc(-n2ncc3sccc32)cc1. The molecule has 3 aromatic rings. The van der Waals surface area contributed by atoms with Crippen LogP contribution < -0.4 is 4.74 Å². The summed E-state index contributed by atoms with van der Waals surface area (Å²) in [5.74, 6) is 0.859. The Morgan fingerprint density at radius 1 is 1.19 bits per heavy atom. The summed E-state index contributed by atoms with van der Waals surface area (Å²) < 4.78 is 8.27. The van der Waals surface area contributed by atoms with Crippen LogP contribution in [0.4, 0.5) is 0 Å². The van der Waals surface area contributed by atoms with Crippen LogP contribution in [-0.4, -0.2) is 16.9 Å². The van der Waals surface area contributed by atoms with Crippen LogP contribution in [0.2, 0.25) is 0 Å². The van der Waals surface area contributed by atoms with Crippen molar-refractivity contribution in [3.05, 3.63) is 41.9 Å². The summed E-state index contributed by atoms with van der Waals surface area (Å²) in [6.45, 7) is 0. The van der Waals surface area contributed by atoms with Gasteiger partial charge in [-0.25, -0.2) is 4.68 Å². The first kappa shape index (κ1) is 9.42. The van der Waals surface area contributed by atoms with E-state index in [9.17, 15) is 0 Å². The van der Waals surface area contributed by atoms with Crippen molar-refractivity contribution in [3.8, 4) is 11.4 Å². The fourth-order valence-corrected chi connectivity index (χ4v) is 2.41. The van der Waals surface area contributed by atoms with E-state index in [1.807, 2.05) is 35.1 Å². The monoisotopic (exact) mass is 230 g/mol. The lowest BCUT2D eigenvalue weighted by molar-refractivity contribution is 0.414. The fourth-order valence-electron chi connectivity index (χ4n) is 1.69. The van der Waals surface area contributed by atoms with Gasteiger partial charge in [-0.15, -0.1) is 11.3 Å². The second-order valence-corrected chi connectivity index (χ2v) is 4.37. The van der Waals surface area contributed by atoms with E-state index in [0.29, 0.717) is 0 Å². The molecular weight excluding hydrogens is 220 g/mol. The molecule has 16 heavy (non-hydrogen) atoms. The predicted molar refractivity (Wildman–Crippen MR) is 65.5 cm³/mol. The second-order valence-electron chi connectivity index (χ2n) is 3.42. The number of benzene rings is 1. The number of fused-ring (bicyclic) bond motifs is 1. The molecule has 3 nitrogen and oxygen atoms in total. The van der Waals surface area contributed by atoms with Crippen molar-refractivity contribution in [2.75, 3.05) is 7.11 Å². The third-order valence-corrected chi connectivity index (χ3v) is 3.35. The van der Waals surface area contributed by atoms with Gasteiger partial charge in [0.2, 0.25) is 0 Å². The Kier molecular flexibility index (Phi) is 2.15. The Morgan fingerprint density at radius 3 is 2.75 bits per heavy atom. The first-order chi connectivity index (χ1) is 7.88. The van der Waals surface area contributed by atoms with Gasteiger partial charge in [0, 0.05) is 0 Å². The van der Waals surface area contributed by atoms with Crippen molar-refractivity contribution in [1.82, 2.24) is 9.78 Å². The maximum Gasteiger partial charge on any atom is 0.119 e. The number of ether oxygens (including phenoxy) is 1. The second kappa shape index (κ2) is 3.64. The van der Waals surface area contributed by atoms with Gasteiger partial charge in [-0.3, -0.25) is 0 Å². The molecule has 0 bridgehead atoms. The summed E-state index contributed by atoms with van der Waals surface area (Å²) >= 11 is 1.70. The molecule has 1 aromatic carbocycles. The molecule has 0 aliphatic heterocycles. The topological polar surface area (TPSA) is 27.1 Å².